The molecule has 0 aromatic carbocycles. The zero-order chi connectivity index (χ0) is 11.4. The van der Waals surface area contributed by atoms with E-state index >= 15 is 0 Å². The van der Waals surface area contributed by atoms with Gasteiger partial charge < -0.3 is 0 Å². The van der Waals surface area contributed by atoms with E-state index in [4.69, 9.17) is 5.26 Å². The molecule has 2 fully saturated rings. The molecule has 0 spiro atoms. The summed E-state index contributed by atoms with van der Waals surface area (Å²) in [6, 6.07) is 3.81. The van der Waals surface area contributed by atoms with Crippen LogP contribution in [0.1, 0.15) is 57.8 Å². The third-order valence-electron chi connectivity index (χ3n) is 4.57. The van der Waals surface area contributed by atoms with Crippen LogP contribution in [0.25, 0.3) is 0 Å². The van der Waals surface area contributed by atoms with Gasteiger partial charge in [-0.1, -0.05) is 32.1 Å². The lowest BCUT2D eigenvalue weighted by Crippen LogP contribution is -2.41. The fourth-order valence-electron chi connectivity index (χ4n) is 3.51. The lowest BCUT2D eigenvalue weighted by atomic mass is 9.99. The Morgan fingerprint density at radius 1 is 0.938 bits per heavy atom. The predicted molar refractivity (Wildman–Crippen MR) is 66.0 cm³/mol. The molecule has 0 amide bonds. The highest BCUT2D eigenvalue weighted by Crippen LogP contribution is 2.32. The first-order valence-corrected chi connectivity index (χ1v) is 6.94. The number of nitriles is 1. The van der Waals surface area contributed by atoms with E-state index in [1.807, 2.05) is 0 Å². The Morgan fingerprint density at radius 2 is 1.62 bits per heavy atom. The van der Waals surface area contributed by atoms with Crippen molar-refractivity contribution in [2.45, 2.75) is 69.9 Å². The molecule has 2 heteroatoms. The minimum atomic E-state index is 0.299. The quantitative estimate of drug-likeness (QED) is 0.667. The molecule has 16 heavy (non-hydrogen) atoms. The van der Waals surface area contributed by atoms with Gasteiger partial charge in [-0.05, 0) is 32.7 Å². The minimum absolute atomic E-state index is 0.299. The molecule has 0 saturated heterocycles. The molecule has 2 saturated carbocycles. The molecule has 2 aliphatic rings. The molecule has 2 aliphatic carbocycles. The van der Waals surface area contributed by atoms with Crippen molar-refractivity contribution in [1.82, 2.24) is 4.90 Å². The number of hydrogen-bond acceptors (Lipinski definition) is 2. The molecule has 0 aromatic rings. The van der Waals surface area contributed by atoms with E-state index in [0.29, 0.717) is 12.0 Å². The molecule has 0 N–H and O–H groups in total. The zero-order valence-electron chi connectivity index (χ0n) is 10.5. The Bertz CT molecular complexity index is 248. The summed E-state index contributed by atoms with van der Waals surface area (Å²) in [5.41, 5.74) is 0. The SMILES string of the molecule is CN(C1CCCCCC1)C1CCCC1C#N. The Labute approximate surface area is 99.6 Å². The maximum Gasteiger partial charge on any atom is 0.0672 e. The second-order valence-corrected chi connectivity index (χ2v) is 5.54. The van der Waals surface area contributed by atoms with E-state index in [9.17, 15) is 0 Å². The summed E-state index contributed by atoms with van der Waals surface area (Å²) in [6.45, 7) is 0. The van der Waals surface area contributed by atoms with Crippen molar-refractivity contribution in [2.24, 2.45) is 5.92 Å². The lowest BCUT2D eigenvalue weighted by Gasteiger charge is -2.34. The summed E-state index contributed by atoms with van der Waals surface area (Å²) in [4.78, 5) is 2.55. The van der Waals surface area contributed by atoms with Gasteiger partial charge in [0.1, 0.15) is 0 Å². The second kappa shape index (κ2) is 5.68. The number of rotatable bonds is 2. The maximum atomic E-state index is 9.16. The Morgan fingerprint density at radius 3 is 2.25 bits per heavy atom. The first kappa shape index (κ1) is 11.9. The summed E-state index contributed by atoms with van der Waals surface area (Å²) < 4.78 is 0. The topological polar surface area (TPSA) is 27.0 Å². The first-order valence-electron chi connectivity index (χ1n) is 6.94. The van der Waals surface area contributed by atoms with Gasteiger partial charge >= 0.3 is 0 Å². The van der Waals surface area contributed by atoms with Crippen molar-refractivity contribution in [3.8, 4) is 6.07 Å². The first-order chi connectivity index (χ1) is 7.83. The van der Waals surface area contributed by atoms with Gasteiger partial charge in [0.05, 0.1) is 12.0 Å². The summed E-state index contributed by atoms with van der Waals surface area (Å²) in [5, 5.41) is 9.16. The number of hydrogen-bond donors (Lipinski definition) is 0. The van der Waals surface area contributed by atoms with E-state index in [1.165, 1.54) is 51.4 Å². The summed E-state index contributed by atoms with van der Waals surface area (Å²) in [6.07, 6.45) is 11.9. The minimum Gasteiger partial charge on any atom is -0.299 e. The molecule has 0 heterocycles. The molecule has 2 atom stereocenters. The highest BCUT2D eigenvalue weighted by atomic mass is 15.2. The van der Waals surface area contributed by atoms with Gasteiger partial charge in [-0.15, -0.1) is 0 Å². The van der Waals surface area contributed by atoms with Gasteiger partial charge in [-0.2, -0.15) is 5.26 Å². The van der Waals surface area contributed by atoms with Crippen molar-refractivity contribution in [3.05, 3.63) is 0 Å². The summed E-state index contributed by atoms with van der Waals surface area (Å²) >= 11 is 0. The molecule has 90 valence electrons. The van der Waals surface area contributed by atoms with Crippen LogP contribution in [0.2, 0.25) is 0 Å². The van der Waals surface area contributed by atoms with Crippen LogP contribution in [-0.4, -0.2) is 24.0 Å². The molecular weight excluding hydrogens is 196 g/mol. The Kier molecular flexibility index (Phi) is 4.23. The Balaban J connectivity index is 1.94. The second-order valence-electron chi connectivity index (χ2n) is 5.54. The van der Waals surface area contributed by atoms with Crippen molar-refractivity contribution < 1.29 is 0 Å². The smallest absolute Gasteiger partial charge is 0.0672 e. The van der Waals surface area contributed by atoms with Crippen LogP contribution in [0.5, 0.6) is 0 Å². The monoisotopic (exact) mass is 220 g/mol. The molecule has 2 nitrogen and oxygen atoms in total. The molecule has 0 aliphatic heterocycles. The fourth-order valence-corrected chi connectivity index (χ4v) is 3.51. The molecule has 2 rings (SSSR count). The average Bonchev–Trinajstić information content (AvgIpc) is 2.61. The summed E-state index contributed by atoms with van der Waals surface area (Å²) in [5.74, 6) is 0.299. The van der Waals surface area contributed by atoms with Gasteiger partial charge in [-0.25, -0.2) is 0 Å². The summed E-state index contributed by atoms with van der Waals surface area (Å²) in [7, 11) is 2.26. The van der Waals surface area contributed by atoms with Gasteiger partial charge in [-0.3, -0.25) is 4.90 Å². The Hall–Kier alpha value is -0.550. The molecular formula is C14H24N2. The van der Waals surface area contributed by atoms with Crippen LogP contribution in [0, 0.1) is 17.2 Å². The maximum absolute atomic E-state index is 9.16. The van der Waals surface area contributed by atoms with Crippen molar-refractivity contribution in [1.29, 1.82) is 5.26 Å². The average molecular weight is 220 g/mol. The van der Waals surface area contributed by atoms with Crippen molar-refractivity contribution >= 4 is 0 Å². The van der Waals surface area contributed by atoms with Crippen molar-refractivity contribution in [2.75, 3.05) is 7.05 Å². The van der Waals surface area contributed by atoms with Crippen LogP contribution >= 0.6 is 0 Å². The predicted octanol–water partition coefficient (Wildman–Crippen LogP) is 3.33. The third-order valence-corrected chi connectivity index (χ3v) is 4.57. The largest absolute Gasteiger partial charge is 0.299 e. The van der Waals surface area contributed by atoms with Crippen LogP contribution in [0.4, 0.5) is 0 Å². The molecule has 2 unspecified atom stereocenters. The number of nitrogens with zero attached hydrogens (tertiary/aromatic N) is 2. The van der Waals surface area contributed by atoms with E-state index in [2.05, 4.69) is 18.0 Å². The zero-order valence-corrected chi connectivity index (χ0v) is 10.5. The highest BCUT2D eigenvalue weighted by molar-refractivity contribution is 4.98. The van der Waals surface area contributed by atoms with Crippen LogP contribution in [0.3, 0.4) is 0 Å². The van der Waals surface area contributed by atoms with E-state index in [0.717, 1.165) is 12.5 Å². The third kappa shape index (κ3) is 2.58. The normalized spacial score (nSPS) is 32.6. The fraction of sp³-hybridized carbons (Fsp3) is 0.929. The van der Waals surface area contributed by atoms with Crippen LogP contribution in [0.15, 0.2) is 0 Å². The standard InChI is InChI=1S/C14H24N2/c1-16(13-8-4-2-3-5-9-13)14-10-6-7-12(14)11-15/h12-14H,2-10H2,1H3. The van der Waals surface area contributed by atoms with Gasteiger partial charge in [0, 0.05) is 12.1 Å². The highest BCUT2D eigenvalue weighted by Gasteiger charge is 2.33. The van der Waals surface area contributed by atoms with E-state index in [1.54, 1.807) is 0 Å². The molecule has 0 radical (unpaired) electrons. The van der Waals surface area contributed by atoms with Gasteiger partial charge in [0.15, 0.2) is 0 Å². The van der Waals surface area contributed by atoms with E-state index < -0.39 is 0 Å². The molecule has 0 bridgehead atoms. The van der Waals surface area contributed by atoms with Crippen LogP contribution in [-0.2, 0) is 0 Å². The lowest BCUT2D eigenvalue weighted by molar-refractivity contribution is 0.143. The van der Waals surface area contributed by atoms with E-state index in [-0.39, 0.29) is 0 Å². The van der Waals surface area contributed by atoms with Crippen molar-refractivity contribution in [3.63, 3.8) is 0 Å². The molecule has 0 aromatic heterocycles. The van der Waals surface area contributed by atoms with Crippen LogP contribution < -0.4 is 0 Å². The van der Waals surface area contributed by atoms with Gasteiger partial charge in [0.25, 0.3) is 0 Å². The van der Waals surface area contributed by atoms with Gasteiger partial charge in [0.2, 0.25) is 0 Å².